The van der Waals surface area contributed by atoms with Crippen LogP contribution in [0.5, 0.6) is 17.2 Å². The van der Waals surface area contributed by atoms with Gasteiger partial charge in [0.1, 0.15) is 12.4 Å². The van der Waals surface area contributed by atoms with Gasteiger partial charge in [0.05, 0.1) is 42.9 Å². The first-order chi connectivity index (χ1) is 20.9. The first-order valence-electron chi connectivity index (χ1n) is 13.4. The van der Waals surface area contributed by atoms with Crippen molar-refractivity contribution in [3.8, 4) is 17.2 Å². The number of aliphatic hydroxyl groups is 1. The second kappa shape index (κ2) is 13.7. The van der Waals surface area contributed by atoms with Gasteiger partial charge in [-0.1, -0.05) is 0 Å². The number of nitrogens with one attached hydrogen (secondary N) is 2. The Morgan fingerprint density at radius 3 is 2.45 bits per heavy atom. The van der Waals surface area contributed by atoms with Gasteiger partial charge < -0.3 is 24.4 Å². The van der Waals surface area contributed by atoms with Gasteiger partial charge in [0, 0.05) is 24.0 Å². The summed E-state index contributed by atoms with van der Waals surface area (Å²) in [5.74, 6) is -0.484. The third kappa shape index (κ3) is 7.62. The Hall–Kier alpha value is -4.70. The molecule has 236 valence electrons. The number of H-pyrrole nitrogens is 1. The van der Waals surface area contributed by atoms with Crippen LogP contribution in [0, 0.1) is 6.92 Å². The molecule has 1 aliphatic heterocycles. The molecule has 0 aliphatic carbocycles. The molecule has 5 rings (SSSR count). The number of hydrogen-bond donors (Lipinski definition) is 4. The van der Waals surface area contributed by atoms with Gasteiger partial charge in [-0.15, -0.1) is 0 Å². The highest BCUT2D eigenvalue weighted by Gasteiger charge is 2.38. The quantitative estimate of drug-likeness (QED) is 0.215. The molecule has 2 aromatic carbocycles. The Morgan fingerprint density at radius 1 is 1.09 bits per heavy atom. The van der Waals surface area contributed by atoms with Crippen molar-refractivity contribution in [2.24, 2.45) is 0 Å². The first-order valence-corrected chi connectivity index (χ1v) is 13.4. The smallest absolute Gasteiger partial charge is 0.490 e. The van der Waals surface area contributed by atoms with Gasteiger partial charge in [0.25, 0.3) is 5.56 Å². The average molecular weight is 621 g/mol. The predicted octanol–water partition coefficient (Wildman–Crippen LogP) is 3.40. The Morgan fingerprint density at radius 2 is 1.80 bits per heavy atom. The predicted molar refractivity (Wildman–Crippen MR) is 154 cm³/mol. The van der Waals surface area contributed by atoms with Crippen molar-refractivity contribution in [2.75, 3.05) is 45.8 Å². The van der Waals surface area contributed by atoms with Crippen molar-refractivity contribution in [3.63, 3.8) is 0 Å². The maximum Gasteiger partial charge on any atom is 0.490 e. The van der Waals surface area contributed by atoms with Crippen LogP contribution in [-0.2, 0) is 4.79 Å². The van der Waals surface area contributed by atoms with Gasteiger partial charge >= 0.3 is 12.1 Å². The number of ether oxygens (including phenoxy) is 3. The summed E-state index contributed by atoms with van der Waals surface area (Å²) < 4.78 is 48.4. The number of aliphatic carboxylic acids is 1. The topological polar surface area (TPSA) is 172 Å². The van der Waals surface area contributed by atoms with Gasteiger partial charge in [-0.3, -0.25) is 20.0 Å². The molecular weight excluding hydrogens is 589 g/mol. The zero-order valence-electron chi connectivity index (χ0n) is 24.1. The lowest BCUT2D eigenvalue weighted by atomic mass is 10.1. The molecule has 0 radical (unpaired) electrons. The number of rotatable bonds is 9. The van der Waals surface area contributed by atoms with Crippen LogP contribution in [0.25, 0.3) is 21.8 Å². The van der Waals surface area contributed by atoms with E-state index in [-0.39, 0.29) is 24.2 Å². The number of alkyl halides is 3. The number of benzene rings is 2. The SMILES string of the molecule is COc1cc2nc(Nc3nc4ccc(OCCN5CCCC5CO)cc4c(=O)[nH]3)nc(C)c2cc1OC.O=C(O)C(F)(F)F. The van der Waals surface area contributed by atoms with E-state index < -0.39 is 12.1 Å². The highest BCUT2D eigenvalue weighted by molar-refractivity contribution is 5.86. The third-order valence-electron chi connectivity index (χ3n) is 6.90. The molecule has 1 atom stereocenters. The second-order valence-corrected chi connectivity index (χ2v) is 9.74. The molecule has 16 heteroatoms. The summed E-state index contributed by atoms with van der Waals surface area (Å²) in [5, 5.41) is 20.8. The van der Waals surface area contributed by atoms with E-state index in [0.717, 1.165) is 37.0 Å². The molecule has 1 fully saturated rings. The number of fused-ring (bicyclic) bond motifs is 2. The van der Waals surface area contributed by atoms with E-state index in [1.807, 2.05) is 13.0 Å². The summed E-state index contributed by atoms with van der Waals surface area (Å²) in [4.78, 5) is 40.3. The van der Waals surface area contributed by atoms with Gasteiger partial charge in [0.15, 0.2) is 11.5 Å². The fourth-order valence-electron chi connectivity index (χ4n) is 4.71. The van der Waals surface area contributed by atoms with Crippen molar-refractivity contribution in [3.05, 3.63) is 46.4 Å². The minimum atomic E-state index is -5.08. The standard InChI is InChI=1S/C26H30N6O5.C2HF3O2/c1-15-18-12-22(35-2)23(36-3)13-21(18)29-25(27-15)31-26-28-20-7-6-17(11-19(20)24(34)30-26)37-10-9-32-8-4-5-16(32)14-33;3-2(4,5)1(6)7/h6-7,11-13,16,33H,4-5,8-10,14H2,1-3H3,(H2,27,28,29,30,31,34);(H,6,7). The van der Waals surface area contributed by atoms with E-state index >= 15 is 0 Å². The summed E-state index contributed by atoms with van der Waals surface area (Å²) in [5.41, 5.74) is 1.61. The Labute approximate surface area is 248 Å². The van der Waals surface area contributed by atoms with E-state index in [1.165, 1.54) is 0 Å². The molecule has 2 aromatic heterocycles. The number of hydrogen-bond acceptors (Lipinski definition) is 11. The van der Waals surface area contributed by atoms with Gasteiger partial charge in [-0.2, -0.15) is 13.2 Å². The van der Waals surface area contributed by atoms with Crippen LogP contribution in [-0.4, -0.2) is 93.8 Å². The zero-order valence-corrected chi connectivity index (χ0v) is 24.1. The number of carboxylic acids is 1. The number of carboxylic acid groups (broad SMARTS) is 1. The number of nitrogens with zero attached hydrogens (tertiary/aromatic N) is 4. The highest BCUT2D eigenvalue weighted by Crippen LogP contribution is 2.33. The molecule has 0 amide bonds. The fourth-order valence-corrected chi connectivity index (χ4v) is 4.71. The summed E-state index contributed by atoms with van der Waals surface area (Å²) in [6.07, 6.45) is -2.98. The van der Waals surface area contributed by atoms with Crippen molar-refractivity contribution >= 4 is 39.7 Å². The van der Waals surface area contributed by atoms with E-state index in [1.54, 1.807) is 38.5 Å². The van der Waals surface area contributed by atoms with Crippen molar-refractivity contribution in [2.45, 2.75) is 32.0 Å². The molecular formula is C28H31F3N6O7. The maximum atomic E-state index is 12.8. The largest absolute Gasteiger partial charge is 0.493 e. The molecule has 0 spiro atoms. The summed E-state index contributed by atoms with van der Waals surface area (Å²) >= 11 is 0. The Balaban J connectivity index is 0.000000566. The first kappa shape index (κ1) is 32.2. The van der Waals surface area contributed by atoms with E-state index in [9.17, 15) is 23.1 Å². The molecule has 4 N–H and O–H groups in total. The molecule has 13 nitrogen and oxygen atoms in total. The van der Waals surface area contributed by atoms with Gasteiger partial charge in [0.2, 0.25) is 11.9 Å². The average Bonchev–Trinajstić information content (AvgIpc) is 3.44. The minimum absolute atomic E-state index is 0.167. The zero-order chi connectivity index (χ0) is 32.0. The lowest BCUT2D eigenvalue weighted by molar-refractivity contribution is -0.192. The summed E-state index contributed by atoms with van der Waals surface area (Å²) in [6, 6.07) is 9.05. The lowest BCUT2D eigenvalue weighted by Gasteiger charge is -2.22. The van der Waals surface area contributed by atoms with Crippen LogP contribution in [0.2, 0.25) is 0 Å². The van der Waals surface area contributed by atoms with Crippen LogP contribution < -0.4 is 25.1 Å². The number of aliphatic hydroxyl groups excluding tert-OH is 1. The van der Waals surface area contributed by atoms with Crippen LogP contribution >= 0.6 is 0 Å². The van der Waals surface area contributed by atoms with Crippen molar-refractivity contribution < 1.29 is 42.4 Å². The molecule has 0 bridgehead atoms. The molecule has 1 saturated heterocycles. The van der Waals surface area contributed by atoms with Crippen LogP contribution in [0.15, 0.2) is 35.1 Å². The van der Waals surface area contributed by atoms with Crippen molar-refractivity contribution in [1.82, 2.24) is 24.8 Å². The van der Waals surface area contributed by atoms with Crippen LogP contribution in [0.4, 0.5) is 25.1 Å². The fraction of sp³-hybridized carbons (Fsp3) is 0.393. The molecule has 1 unspecified atom stereocenters. The molecule has 44 heavy (non-hydrogen) atoms. The highest BCUT2D eigenvalue weighted by atomic mass is 19.4. The van der Waals surface area contributed by atoms with Gasteiger partial charge in [-0.05, 0) is 50.6 Å². The van der Waals surface area contributed by atoms with E-state index in [0.29, 0.717) is 46.2 Å². The number of aromatic nitrogens is 4. The van der Waals surface area contributed by atoms with E-state index in [4.69, 9.17) is 24.1 Å². The Bertz CT molecular complexity index is 1700. The number of methoxy groups -OCH3 is 2. The second-order valence-electron chi connectivity index (χ2n) is 9.74. The maximum absolute atomic E-state index is 12.8. The molecule has 1 aliphatic rings. The third-order valence-corrected chi connectivity index (χ3v) is 6.90. The lowest BCUT2D eigenvalue weighted by Crippen LogP contribution is -2.35. The molecule has 4 aromatic rings. The van der Waals surface area contributed by atoms with E-state index in [2.05, 4.69) is 30.2 Å². The molecule has 3 heterocycles. The van der Waals surface area contributed by atoms with Crippen LogP contribution in [0.1, 0.15) is 18.5 Å². The number of aromatic amines is 1. The number of carbonyl (C=O) groups is 1. The Kier molecular flexibility index (Phi) is 10.1. The normalized spacial score (nSPS) is 15.1. The minimum Gasteiger partial charge on any atom is -0.493 e. The number of aryl methyl sites for hydroxylation is 1. The number of anilines is 2. The number of halogens is 3. The summed E-state index contributed by atoms with van der Waals surface area (Å²) in [7, 11) is 3.14. The molecule has 0 saturated carbocycles. The van der Waals surface area contributed by atoms with Gasteiger partial charge in [-0.25, -0.2) is 19.7 Å². The van der Waals surface area contributed by atoms with Crippen molar-refractivity contribution in [1.29, 1.82) is 0 Å². The van der Waals surface area contributed by atoms with Crippen LogP contribution in [0.3, 0.4) is 0 Å². The summed E-state index contributed by atoms with van der Waals surface area (Å²) in [6.45, 7) is 4.20. The number of likely N-dealkylation sites (tertiary alicyclic amines) is 1. The monoisotopic (exact) mass is 620 g/mol.